The van der Waals surface area contributed by atoms with E-state index in [2.05, 4.69) is 5.32 Å². The van der Waals surface area contributed by atoms with Gasteiger partial charge in [0.2, 0.25) is 5.91 Å². The topological polar surface area (TPSA) is 79.0 Å². The van der Waals surface area contributed by atoms with Gasteiger partial charge < -0.3 is 14.5 Å². The Morgan fingerprint density at radius 2 is 1.85 bits per heavy atom. The summed E-state index contributed by atoms with van der Waals surface area (Å²) in [6.07, 6.45) is -1.08. The van der Waals surface area contributed by atoms with Gasteiger partial charge in [-0.3, -0.25) is 19.7 Å². The number of nitrogens with one attached hydrogen (secondary N) is 1. The Balaban J connectivity index is 1.71. The molecule has 0 aromatic heterocycles. The van der Waals surface area contributed by atoms with Crippen LogP contribution in [0.2, 0.25) is 0 Å². The minimum atomic E-state index is -4.46. The number of benzene rings is 1. The number of ether oxygens (including phenoxy) is 1. The number of carbonyl (C=O) groups excluding carboxylic acids is 3. The van der Waals surface area contributed by atoms with E-state index in [1.165, 1.54) is 17.0 Å². The molecule has 1 spiro atoms. The van der Waals surface area contributed by atoms with Gasteiger partial charge in [0, 0.05) is 31.5 Å². The molecule has 33 heavy (non-hydrogen) atoms. The van der Waals surface area contributed by atoms with Crippen LogP contribution in [0.5, 0.6) is 0 Å². The molecule has 7 nitrogen and oxygen atoms in total. The van der Waals surface area contributed by atoms with Gasteiger partial charge in [-0.2, -0.15) is 24.9 Å². The van der Waals surface area contributed by atoms with Gasteiger partial charge in [0.05, 0.1) is 23.9 Å². The molecule has 182 valence electrons. The van der Waals surface area contributed by atoms with Crippen molar-refractivity contribution in [3.05, 3.63) is 35.4 Å². The number of esters is 1. The summed E-state index contributed by atoms with van der Waals surface area (Å²) in [5.41, 5.74) is -1.39. The molecule has 0 radical (unpaired) electrons. The summed E-state index contributed by atoms with van der Waals surface area (Å²) in [4.78, 5) is 41.2. The summed E-state index contributed by atoms with van der Waals surface area (Å²) in [5.74, 6) is -0.218. The van der Waals surface area contributed by atoms with E-state index in [1.807, 2.05) is 6.26 Å². The molecule has 1 unspecified atom stereocenters. The molecule has 1 aromatic carbocycles. The maximum atomic E-state index is 13.0. The first kappa shape index (κ1) is 25.4. The van der Waals surface area contributed by atoms with Crippen LogP contribution in [0.1, 0.15) is 42.1 Å². The fourth-order valence-electron chi connectivity index (χ4n) is 4.34. The van der Waals surface area contributed by atoms with Gasteiger partial charge >= 0.3 is 12.1 Å². The Morgan fingerprint density at radius 3 is 2.39 bits per heavy atom. The second kappa shape index (κ2) is 10.3. The van der Waals surface area contributed by atoms with Crippen molar-refractivity contribution in [2.75, 3.05) is 38.2 Å². The first-order chi connectivity index (χ1) is 15.6. The van der Waals surface area contributed by atoms with Crippen molar-refractivity contribution in [1.82, 2.24) is 15.1 Å². The fraction of sp³-hybridized carbons (Fsp3) is 0.591. The Morgan fingerprint density at radius 1 is 1.21 bits per heavy atom. The maximum absolute atomic E-state index is 13.0. The van der Waals surface area contributed by atoms with Crippen molar-refractivity contribution in [2.45, 2.75) is 44.1 Å². The number of carbonyl (C=O) groups is 3. The van der Waals surface area contributed by atoms with E-state index in [4.69, 9.17) is 4.74 Å². The van der Waals surface area contributed by atoms with Gasteiger partial charge in [0.15, 0.2) is 0 Å². The van der Waals surface area contributed by atoms with Gasteiger partial charge in [-0.1, -0.05) is 0 Å². The van der Waals surface area contributed by atoms with Gasteiger partial charge in [0.25, 0.3) is 5.91 Å². The van der Waals surface area contributed by atoms with Crippen LogP contribution in [0.4, 0.5) is 13.2 Å². The average Bonchev–Trinajstić information content (AvgIpc) is 3.03. The highest BCUT2D eigenvalue weighted by atomic mass is 32.2. The fourth-order valence-corrected chi connectivity index (χ4v) is 4.81. The minimum Gasteiger partial charge on any atom is -0.465 e. The molecule has 1 N–H and O–H groups in total. The number of rotatable bonds is 7. The van der Waals surface area contributed by atoms with Crippen LogP contribution in [0.3, 0.4) is 0 Å². The number of thioether (sulfide) groups is 1. The summed E-state index contributed by atoms with van der Waals surface area (Å²) < 4.78 is 43.4. The van der Waals surface area contributed by atoms with E-state index < -0.39 is 29.4 Å². The van der Waals surface area contributed by atoms with E-state index in [0.29, 0.717) is 32.4 Å². The molecule has 1 aromatic rings. The minimum absolute atomic E-state index is 0.153. The van der Waals surface area contributed by atoms with Crippen LogP contribution < -0.4 is 5.32 Å². The second-order valence-electron chi connectivity index (χ2n) is 8.11. The zero-order valence-corrected chi connectivity index (χ0v) is 19.4. The number of amides is 2. The predicted octanol–water partition coefficient (Wildman–Crippen LogP) is 2.75. The quantitative estimate of drug-likeness (QED) is 0.596. The molecule has 2 heterocycles. The molecule has 1 atom stereocenters. The van der Waals surface area contributed by atoms with Crippen LogP contribution in [0, 0.1) is 0 Å². The molecular weight excluding hydrogens is 459 g/mol. The van der Waals surface area contributed by atoms with E-state index in [-0.39, 0.29) is 30.5 Å². The molecule has 11 heteroatoms. The summed E-state index contributed by atoms with van der Waals surface area (Å²) in [5, 5.41) is 3.40. The Bertz CT molecular complexity index is 871. The maximum Gasteiger partial charge on any atom is 0.416 e. The zero-order valence-electron chi connectivity index (χ0n) is 18.6. The summed E-state index contributed by atoms with van der Waals surface area (Å²) in [6, 6.07) is 3.74. The van der Waals surface area contributed by atoms with Crippen LogP contribution in [0.15, 0.2) is 24.3 Å². The van der Waals surface area contributed by atoms with E-state index in [1.54, 1.807) is 23.6 Å². The molecule has 0 saturated carbocycles. The van der Waals surface area contributed by atoms with Crippen molar-refractivity contribution in [3.63, 3.8) is 0 Å². The first-order valence-corrected chi connectivity index (χ1v) is 12.2. The Hall–Kier alpha value is -2.27. The van der Waals surface area contributed by atoms with E-state index >= 15 is 0 Å². The second-order valence-corrected chi connectivity index (χ2v) is 9.09. The summed E-state index contributed by atoms with van der Waals surface area (Å²) >= 11 is 1.63. The average molecular weight is 488 g/mol. The highest BCUT2D eigenvalue weighted by Crippen LogP contribution is 2.34. The summed E-state index contributed by atoms with van der Waals surface area (Å²) in [6.45, 7) is 2.35. The number of likely N-dealkylation sites (tertiary alicyclic amines) is 1. The van der Waals surface area contributed by atoms with E-state index in [0.717, 1.165) is 17.9 Å². The van der Waals surface area contributed by atoms with Crippen LogP contribution in [-0.4, -0.2) is 77.5 Å². The molecule has 3 rings (SSSR count). The highest BCUT2D eigenvalue weighted by Gasteiger charge is 2.52. The number of alkyl halides is 3. The third-order valence-corrected chi connectivity index (χ3v) is 6.71. The number of hydrogen-bond donors (Lipinski definition) is 1. The molecule has 0 aliphatic carbocycles. The van der Waals surface area contributed by atoms with Crippen molar-refractivity contribution in [2.24, 2.45) is 0 Å². The van der Waals surface area contributed by atoms with Crippen LogP contribution >= 0.6 is 11.8 Å². The monoisotopic (exact) mass is 487 g/mol. The molecule has 0 bridgehead atoms. The normalized spacial score (nSPS) is 20.4. The van der Waals surface area contributed by atoms with Crippen molar-refractivity contribution in [1.29, 1.82) is 0 Å². The Labute approximate surface area is 195 Å². The lowest BCUT2D eigenvalue weighted by molar-refractivity contribution is -0.151. The number of piperidine rings is 1. The SMILES string of the molecule is CCOC(=O)CN1C(=O)C(CCSC)NC12CCN(C(=O)c1ccc(C(F)(F)F)cc1)CC2. The van der Waals surface area contributed by atoms with Gasteiger partial charge in [0.1, 0.15) is 6.54 Å². The van der Waals surface area contributed by atoms with Crippen molar-refractivity contribution in [3.8, 4) is 0 Å². The lowest BCUT2D eigenvalue weighted by atomic mass is 9.95. The van der Waals surface area contributed by atoms with Crippen molar-refractivity contribution >= 4 is 29.5 Å². The molecule has 2 amide bonds. The predicted molar refractivity (Wildman–Crippen MR) is 118 cm³/mol. The Kier molecular flexibility index (Phi) is 7.94. The smallest absolute Gasteiger partial charge is 0.416 e. The number of nitrogens with zero attached hydrogens (tertiary/aromatic N) is 2. The van der Waals surface area contributed by atoms with Gasteiger partial charge in [-0.25, -0.2) is 0 Å². The number of hydrogen-bond acceptors (Lipinski definition) is 6. The van der Waals surface area contributed by atoms with Crippen LogP contribution in [0.25, 0.3) is 0 Å². The van der Waals surface area contributed by atoms with Gasteiger partial charge in [-0.15, -0.1) is 0 Å². The van der Waals surface area contributed by atoms with Gasteiger partial charge in [-0.05, 0) is 49.6 Å². The summed E-state index contributed by atoms with van der Waals surface area (Å²) in [7, 11) is 0. The zero-order chi connectivity index (χ0) is 24.2. The molecule has 2 aliphatic heterocycles. The third-order valence-electron chi connectivity index (χ3n) is 6.06. The molecule has 2 fully saturated rings. The molecule has 2 saturated heterocycles. The largest absolute Gasteiger partial charge is 0.465 e. The molecular formula is C22H28F3N3O4S. The number of halogens is 3. The highest BCUT2D eigenvalue weighted by molar-refractivity contribution is 7.98. The van der Waals surface area contributed by atoms with Crippen molar-refractivity contribution < 1.29 is 32.3 Å². The standard InChI is InChI=1S/C22H28F3N3O4S/c1-3-32-18(29)14-28-20(31)17(8-13-33-2)26-21(28)9-11-27(12-10-21)19(30)15-4-6-16(7-5-15)22(23,24)25/h4-7,17,26H,3,8-14H2,1-2H3. The third kappa shape index (κ3) is 5.63. The molecule has 2 aliphatic rings. The lowest BCUT2D eigenvalue weighted by Gasteiger charge is -2.44. The van der Waals surface area contributed by atoms with E-state index in [9.17, 15) is 27.6 Å². The lowest BCUT2D eigenvalue weighted by Crippen LogP contribution is -2.60. The van der Waals surface area contributed by atoms with Crippen LogP contribution in [-0.2, 0) is 20.5 Å². The first-order valence-electron chi connectivity index (χ1n) is 10.8.